The Morgan fingerprint density at radius 1 is 1.26 bits per heavy atom. The number of aromatic nitrogens is 4. The lowest BCUT2D eigenvalue weighted by atomic mass is 9.97. The highest BCUT2D eigenvalue weighted by Gasteiger charge is 2.31. The quantitative estimate of drug-likeness (QED) is 0.508. The lowest BCUT2D eigenvalue weighted by Gasteiger charge is -2.38. The van der Waals surface area contributed by atoms with E-state index in [-0.39, 0.29) is 11.6 Å². The molecular formula is C19H18N6O2. The molecule has 0 aliphatic carbocycles. The first-order chi connectivity index (χ1) is 13.2. The van der Waals surface area contributed by atoms with Crippen molar-refractivity contribution in [2.75, 3.05) is 19.6 Å². The summed E-state index contributed by atoms with van der Waals surface area (Å²) in [5.74, 6) is 0.298. The van der Waals surface area contributed by atoms with Crippen molar-refractivity contribution in [3.05, 3.63) is 58.6 Å². The van der Waals surface area contributed by atoms with Gasteiger partial charge in [0.15, 0.2) is 5.65 Å². The summed E-state index contributed by atoms with van der Waals surface area (Å²) in [7, 11) is 0. The molecule has 136 valence electrons. The predicted molar refractivity (Wildman–Crippen MR) is 102 cm³/mol. The van der Waals surface area contributed by atoms with Crippen molar-refractivity contribution in [2.45, 2.75) is 0 Å². The molecule has 0 atom stereocenters. The van der Waals surface area contributed by atoms with Gasteiger partial charge in [0, 0.05) is 41.8 Å². The van der Waals surface area contributed by atoms with Gasteiger partial charge >= 0.3 is 5.69 Å². The highest BCUT2D eigenvalue weighted by atomic mass is 16.2. The molecule has 4 heterocycles. The van der Waals surface area contributed by atoms with Crippen LogP contribution in [0.5, 0.6) is 0 Å². The fourth-order valence-electron chi connectivity index (χ4n) is 3.70. The average molecular weight is 362 g/mol. The van der Waals surface area contributed by atoms with Gasteiger partial charge in [-0.25, -0.2) is 14.3 Å². The summed E-state index contributed by atoms with van der Waals surface area (Å²) < 4.78 is 1.50. The van der Waals surface area contributed by atoms with E-state index in [1.165, 1.54) is 4.40 Å². The monoisotopic (exact) mass is 362 g/mol. The highest BCUT2D eigenvalue weighted by Crippen LogP contribution is 2.28. The molecule has 1 aromatic carbocycles. The van der Waals surface area contributed by atoms with Gasteiger partial charge in [-0.05, 0) is 30.8 Å². The lowest BCUT2D eigenvalue weighted by Crippen LogP contribution is -2.52. The molecule has 0 unspecified atom stereocenters. The normalized spacial score (nSPS) is 14.8. The van der Waals surface area contributed by atoms with E-state index >= 15 is 0 Å². The Hall–Kier alpha value is -3.39. The standard InChI is InChI=1S/C19H18N6O2/c20-8-11-9-24(10-11)18(26)14-7-17-22-23-19(27)25(17)16-6-12(3-4-13(14)16)15-2-1-5-21-15/h1-7,11,21H,8-10,20H2,(H,23,27). The van der Waals surface area contributed by atoms with Gasteiger partial charge in [-0.3, -0.25) is 4.79 Å². The third kappa shape index (κ3) is 2.37. The van der Waals surface area contributed by atoms with Gasteiger partial charge in [-0.2, -0.15) is 5.10 Å². The first kappa shape index (κ1) is 15.8. The molecule has 0 bridgehead atoms. The molecule has 3 aromatic heterocycles. The first-order valence-corrected chi connectivity index (χ1v) is 8.82. The van der Waals surface area contributed by atoms with Gasteiger partial charge in [0.2, 0.25) is 0 Å². The zero-order chi connectivity index (χ0) is 18.5. The second-order valence-corrected chi connectivity index (χ2v) is 6.91. The van der Waals surface area contributed by atoms with E-state index in [1.54, 1.807) is 11.0 Å². The molecule has 8 heteroatoms. The second kappa shape index (κ2) is 5.82. The maximum absolute atomic E-state index is 13.0. The van der Waals surface area contributed by atoms with Crippen LogP contribution < -0.4 is 11.4 Å². The maximum atomic E-state index is 13.0. The number of rotatable bonds is 3. The Morgan fingerprint density at radius 3 is 2.85 bits per heavy atom. The molecule has 27 heavy (non-hydrogen) atoms. The summed E-state index contributed by atoms with van der Waals surface area (Å²) in [6, 6.07) is 11.3. The second-order valence-electron chi connectivity index (χ2n) is 6.91. The number of nitrogens with zero attached hydrogens (tertiary/aromatic N) is 3. The molecule has 5 rings (SSSR count). The number of benzene rings is 1. The van der Waals surface area contributed by atoms with E-state index in [1.807, 2.05) is 36.5 Å². The zero-order valence-electron chi connectivity index (χ0n) is 14.5. The molecular weight excluding hydrogens is 344 g/mol. The van der Waals surface area contributed by atoms with Gasteiger partial charge in [0.25, 0.3) is 5.91 Å². The number of pyridine rings is 1. The van der Waals surface area contributed by atoms with Crippen molar-refractivity contribution >= 4 is 22.5 Å². The minimum Gasteiger partial charge on any atom is -0.361 e. The predicted octanol–water partition coefficient (Wildman–Crippen LogP) is 1.20. The minimum atomic E-state index is -0.329. The summed E-state index contributed by atoms with van der Waals surface area (Å²) in [5.41, 5.74) is 8.83. The third-order valence-corrected chi connectivity index (χ3v) is 5.22. The molecule has 1 saturated heterocycles. The van der Waals surface area contributed by atoms with Crippen molar-refractivity contribution in [1.29, 1.82) is 0 Å². The number of nitrogens with two attached hydrogens (primary N) is 1. The number of carbonyl (C=O) groups excluding carboxylic acids is 1. The number of hydrogen-bond donors (Lipinski definition) is 3. The molecule has 8 nitrogen and oxygen atoms in total. The number of fused-ring (bicyclic) bond motifs is 3. The minimum absolute atomic E-state index is 0.0599. The maximum Gasteiger partial charge on any atom is 0.348 e. The van der Waals surface area contributed by atoms with E-state index in [9.17, 15) is 9.59 Å². The number of H-pyrrole nitrogens is 2. The Bertz CT molecular complexity index is 1210. The molecule has 4 N–H and O–H groups in total. The summed E-state index contributed by atoms with van der Waals surface area (Å²) in [6.45, 7) is 1.91. The third-order valence-electron chi connectivity index (χ3n) is 5.22. The summed E-state index contributed by atoms with van der Waals surface area (Å²) in [4.78, 5) is 30.2. The summed E-state index contributed by atoms with van der Waals surface area (Å²) in [6.07, 6.45) is 1.84. The van der Waals surface area contributed by atoms with Crippen molar-refractivity contribution in [3.8, 4) is 11.3 Å². The Morgan fingerprint density at radius 2 is 2.11 bits per heavy atom. The topological polar surface area (TPSA) is 112 Å². The number of nitrogens with one attached hydrogen (secondary N) is 2. The van der Waals surface area contributed by atoms with E-state index in [2.05, 4.69) is 15.2 Å². The summed E-state index contributed by atoms with van der Waals surface area (Å²) in [5, 5.41) is 7.26. The van der Waals surface area contributed by atoms with E-state index in [0.717, 1.165) is 16.6 Å². The molecule has 1 aliphatic rings. The van der Waals surface area contributed by atoms with Crippen LogP contribution in [0.4, 0.5) is 0 Å². The molecule has 4 aromatic rings. The number of amides is 1. The van der Waals surface area contributed by atoms with Gasteiger partial charge in [-0.15, -0.1) is 0 Å². The number of carbonyl (C=O) groups is 1. The Kier molecular flexibility index (Phi) is 3.41. The van der Waals surface area contributed by atoms with Crippen LogP contribution in [0.15, 0.2) is 47.4 Å². The molecule has 0 radical (unpaired) electrons. The fourth-order valence-corrected chi connectivity index (χ4v) is 3.70. The van der Waals surface area contributed by atoms with E-state index < -0.39 is 0 Å². The molecule has 1 aliphatic heterocycles. The number of aromatic amines is 2. The van der Waals surface area contributed by atoms with E-state index in [0.29, 0.717) is 42.3 Å². The highest BCUT2D eigenvalue weighted by molar-refractivity contribution is 6.08. The fraction of sp³-hybridized carbons (Fsp3) is 0.211. The van der Waals surface area contributed by atoms with Crippen LogP contribution in [-0.4, -0.2) is 50.0 Å². The summed E-state index contributed by atoms with van der Waals surface area (Å²) >= 11 is 0. The van der Waals surface area contributed by atoms with Crippen LogP contribution in [0.25, 0.3) is 27.8 Å². The van der Waals surface area contributed by atoms with Crippen molar-refractivity contribution < 1.29 is 4.79 Å². The molecule has 1 fully saturated rings. The van der Waals surface area contributed by atoms with Crippen LogP contribution >= 0.6 is 0 Å². The molecule has 1 amide bonds. The van der Waals surface area contributed by atoms with Crippen LogP contribution in [0.2, 0.25) is 0 Å². The van der Waals surface area contributed by atoms with Gasteiger partial charge in [0.1, 0.15) is 0 Å². The Balaban J connectivity index is 1.71. The number of hydrogen-bond acceptors (Lipinski definition) is 4. The van der Waals surface area contributed by atoms with Gasteiger partial charge < -0.3 is 15.6 Å². The largest absolute Gasteiger partial charge is 0.361 e. The number of likely N-dealkylation sites (tertiary alicyclic amines) is 1. The lowest BCUT2D eigenvalue weighted by molar-refractivity contribution is 0.0517. The SMILES string of the molecule is NCC1CN(C(=O)c2cc3n[nH]c(=O)n3c3cc(-c4ccc[nH]4)ccc23)C1. The Labute approximate surface area is 153 Å². The van der Waals surface area contributed by atoms with E-state index in [4.69, 9.17) is 5.73 Å². The van der Waals surface area contributed by atoms with Crippen LogP contribution in [-0.2, 0) is 0 Å². The van der Waals surface area contributed by atoms with Gasteiger partial charge in [0.05, 0.1) is 11.1 Å². The smallest absolute Gasteiger partial charge is 0.348 e. The van der Waals surface area contributed by atoms with Crippen molar-refractivity contribution in [2.24, 2.45) is 11.7 Å². The van der Waals surface area contributed by atoms with Crippen LogP contribution in [0.3, 0.4) is 0 Å². The van der Waals surface area contributed by atoms with Crippen molar-refractivity contribution in [1.82, 2.24) is 24.5 Å². The average Bonchev–Trinajstić information content (AvgIpc) is 3.30. The van der Waals surface area contributed by atoms with Crippen LogP contribution in [0, 0.1) is 5.92 Å². The molecule has 0 spiro atoms. The van der Waals surface area contributed by atoms with Crippen LogP contribution in [0.1, 0.15) is 10.4 Å². The zero-order valence-corrected chi connectivity index (χ0v) is 14.5. The van der Waals surface area contributed by atoms with Crippen molar-refractivity contribution in [3.63, 3.8) is 0 Å². The first-order valence-electron chi connectivity index (χ1n) is 8.82. The van der Waals surface area contributed by atoms with Gasteiger partial charge in [-0.1, -0.05) is 12.1 Å². The molecule has 0 saturated carbocycles.